The van der Waals surface area contributed by atoms with Crippen LogP contribution in [0.15, 0.2) is 156 Å². The number of rotatable bonds is 2. The molecule has 0 bridgehead atoms. The molecule has 0 saturated heterocycles. The minimum atomic E-state index is 0.00432. The second kappa shape index (κ2) is 9.61. The second-order valence-corrected chi connectivity index (χ2v) is 13.1. The van der Waals surface area contributed by atoms with Gasteiger partial charge in [-0.25, -0.2) is 0 Å². The van der Waals surface area contributed by atoms with E-state index < -0.39 is 0 Å². The van der Waals surface area contributed by atoms with Crippen LogP contribution in [0.4, 0.5) is 0 Å². The van der Waals surface area contributed by atoms with Gasteiger partial charge in [0, 0.05) is 26.2 Å². The number of pyridine rings is 1. The molecule has 214 valence electrons. The third-order valence-corrected chi connectivity index (χ3v) is 10.8. The van der Waals surface area contributed by atoms with Crippen molar-refractivity contribution in [2.75, 3.05) is 0 Å². The van der Waals surface area contributed by atoms with Crippen LogP contribution in [-0.4, -0.2) is 4.57 Å². The van der Waals surface area contributed by atoms with Gasteiger partial charge in [0.2, 0.25) is 0 Å². The van der Waals surface area contributed by atoms with Crippen LogP contribution in [0.2, 0.25) is 0 Å². The molecule has 0 N–H and O–H groups in total. The number of hydrogen-bond acceptors (Lipinski definition) is 2. The fourth-order valence-corrected chi connectivity index (χ4v) is 8.64. The zero-order chi connectivity index (χ0) is 30.4. The monoisotopic (exact) mass is 603 g/mol. The summed E-state index contributed by atoms with van der Waals surface area (Å²) < 4.78 is 4.28. The van der Waals surface area contributed by atoms with Crippen LogP contribution >= 0.6 is 11.3 Å². The predicted molar refractivity (Wildman–Crippen MR) is 198 cm³/mol. The molecule has 2 heterocycles. The number of fused-ring (bicyclic) bond motifs is 10. The van der Waals surface area contributed by atoms with Crippen molar-refractivity contribution in [3.8, 4) is 16.8 Å². The molecule has 0 aliphatic rings. The summed E-state index contributed by atoms with van der Waals surface area (Å²) in [5, 5.41) is 12.6. The Morgan fingerprint density at radius 1 is 0.435 bits per heavy atom. The smallest absolute Gasteiger partial charge is 0.263 e. The molecule has 0 spiro atoms. The van der Waals surface area contributed by atoms with Crippen molar-refractivity contribution < 1.29 is 0 Å². The Bertz CT molecular complexity index is 2950. The van der Waals surface area contributed by atoms with E-state index in [9.17, 15) is 4.79 Å². The van der Waals surface area contributed by atoms with Crippen molar-refractivity contribution >= 4 is 85.5 Å². The van der Waals surface area contributed by atoms with Gasteiger partial charge in [0.25, 0.3) is 5.56 Å². The molecule has 0 saturated carbocycles. The van der Waals surface area contributed by atoms with Crippen LogP contribution in [0.5, 0.6) is 0 Å². The number of aromatic nitrogens is 1. The van der Waals surface area contributed by atoms with Gasteiger partial charge >= 0.3 is 0 Å². The summed E-state index contributed by atoms with van der Waals surface area (Å²) in [4.78, 5) is 14.3. The largest absolute Gasteiger partial charge is 0.275 e. The molecule has 0 fully saturated rings. The van der Waals surface area contributed by atoms with Gasteiger partial charge in [0.05, 0.1) is 15.9 Å². The third kappa shape index (κ3) is 3.61. The molecule has 0 radical (unpaired) electrons. The fraction of sp³-hybridized carbons (Fsp3) is 0. The number of hydrogen-bond donors (Lipinski definition) is 0. The molecular formula is C43H25NOS. The molecule has 10 aromatic rings. The lowest BCUT2D eigenvalue weighted by atomic mass is 9.92. The van der Waals surface area contributed by atoms with Crippen LogP contribution in [-0.2, 0) is 0 Å². The van der Waals surface area contributed by atoms with E-state index >= 15 is 0 Å². The Hall–Kier alpha value is -5.77. The number of benzene rings is 8. The normalized spacial score (nSPS) is 12.0. The zero-order valence-corrected chi connectivity index (χ0v) is 25.5. The van der Waals surface area contributed by atoms with E-state index in [1.807, 2.05) is 22.8 Å². The van der Waals surface area contributed by atoms with Crippen LogP contribution in [0.3, 0.4) is 0 Å². The molecule has 10 rings (SSSR count). The first-order valence-electron chi connectivity index (χ1n) is 15.6. The van der Waals surface area contributed by atoms with E-state index in [1.54, 1.807) is 11.3 Å². The molecule has 0 atom stereocenters. The summed E-state index contributed by atoms with van der Waals surface area (Å²) in [6.45, 7) is 0. The highest BCUT2D eigenvalue weighted by Gasteiger charge is 2.17. The lowest BCUT2D eigenvalue weighted by Gasteiger charge is -2.16. The maximum Gasteiger partial charge on any atom is 0.263 e. The summed E-state index contributed by atoms with van der Waals surface area (Å²) in [6, 6.07) is 53.7. The fourth-order valence-electron chi connectivity index (χ4n) is 7.43. The van der Waals surface area contributed by atoms with E-state index in [2.05, 4.69) is 133 Å². The Labute approximate surface area is 268 Å². The Balaban J connectivity index is 1.26. The summed E-state index contributed by atoms with van der Waals surface area (Å²) in [7, 11) is 0. The first kappa shape index (κ1) is 25.5. The topological polar surface area (TPSA) is 22.0 Å². The van der Waals surface area contributed by atoms with Crippen LogP contribution < -0.4 is 5.56 Å². The quantitative estimate of drug-likeness (QED) is 0.142. The van der Waals surface area contributed by atoms with Crippen molar-refractivity contribution in [2.45, 2.75) is 0 Å². The molecule has 2 aromatic heterocycles. The third-order valence-electron chi connectivity index (χ3n) is 9.57. The lowest BCUT2D eigenvalue weighted by molar-refractivity contribution is 1.08. The average molecular weight is 604 g/mol. The molecular weight excluding hydrogens is 579 g/mol. The average Bonchev–Trinajstić information content (AvgIpc) is 3.50. The summed E-state index contributed by atoms with van der Waals surface area (Å²) in [5.41, 5.74) is 4.16. The molecule has 0 aliphatic carbocycles. The minimum absolute atomic E-state index is 0.00432. The Kier molecular flexibility index (Phi) is 5.34. The maximum atomic E-state index is 14.3. The minimum Gasteiger partial charge on any atom is -0.275 e. The highest BCUT2D eigenvalue weighted by Crippen LogP contribution is 2.40. The maximum absolute atomic E-state index is 14.3. The summed E-state index contributed by atoms with van der Waals surface area (Å²) in [6.07, 6.45) is 0. The first-order valence-corrected chi connectivity index (χ1v) is 16.4. The van der Waals surface area contributed by atoms with E-state index in [0.29, 0.717) is 0 Å². The summed E-state index contributed by atoms with van der Waals surface area (Å²) in [5.74, 6) is 0. The van der Waals surface area contributed by atoms with Gasteiger partial charge in [-0.2, -0.15) is 0 Å². The zero-order valence-electron chi connectivity index (χ0n) is 24.7. The lowest BCUT2D eigenvalue weighted by Crippen LogP contribution is -2.19. The van der Waals surface area contributed by atoms with E-state index in [-0.39, 0.29) is 5.56 Å². The van der Waals surface area contributed by atoms with E-state index in [4.69, 9.17) is 0 Å². The molecule has 8 aromatic carbocycles. The van der Waals surface area contributed by atoms with E-state index in [1.165, 1.54) is 53.4 Å². The predicted octanol–water partition coefficient (Wildman–Crippen LogP) is 11.6. The number of thiophene rings is 1. The van der Waals surface area contributed by atoms with Crippen LogP contribution in [0.1, 0.15) is 0 Å². The van der Waals surface area contributed by atoms with Crippen molar-refractivity contribution in [1.29, 1.82) is 0 Å². The van der Waals surface area contributed by atoms with Gasteiger partial charge in [-0.15, -0.1) is 11.3 Å². The van der Waals surface area contributed by atoms with Crippen LogP contribution in [0.25, 0.3) is 91.0 Å². The van der Waals surface area contributed by atoms with Gasteiger partial charge < -0.3 is 0 Å². The SMILES string of the molecule is O=c1c2ccccc2c2cc(-c3cccc4c3ccc3cc5ccccc5cc34)ccc2n1-c1cccc2c1sc1ccccc12. The highest BCUT2D eigenvalue weighted by atomic mass is 32.1. The van der Waals surface area contributed by atoms with Crippen LogP contribution in [0, 0.1) is 0 Å². The van der Waals surface area contributed by atoms with Gasteiger partial charge in [0.1, 0.15) is 0 Å². The van der Waals surface area contributed by atoms with Gasteiger partial charge in [-0.1, -0.05) is 109 Å². The molecule has 2 nitrogen and oxygen atoms in total. The molecule has 0 amide bonds. The van der Waals surface area contributed by atoms with Gasteiger partial charge in [-0.3, -0.25) is 9.36 Å². The van der Waals surface area contributed by atoms with Gasteiger partial charge in [0.15, 0.2) is 0 Å². The standard InChI is InChI=1S/C43H25NOS/c45-43-36-13-4-3-11-32(36)38-25-29(20-22-39(38)44(43)40-17-8-16-35-34-12-5-6-18-41(34)46-42(35)40)30-14-7-15-31-33(30)21-19-28-23-26-9-1-2-10-27(26)24-37(28)31/h1-25H. The molecule has 3 heteroatoms. The first-order chi connectivity index (χ1) is 22.7. The Morgan fingerprint density at radius 2 is 1.13 bits per heavy atom. The van der Waals surface area contributed by atoms with Crippen molar-refractivity contribution in [3.63, 3.8) is 0 Å². The summed E-state index contributed by atoms with van der Waals surface area (Å²) >= 11 is 1.75. The highest BCUT2D eigenvalue weighted by molar-refractivity contribution is 7.26. The van der Waals surface area contributed by atoms with Crippen molar-refractivity contribution in [2.24, 2.45) is 0 Å². The molecule has 0 unspecified atom stereocenters. The van der Waals surface area contributed by atoms with E-state index in [0.717, 1.165) is 37.6 Å². The second-order valence-electron chi connectivity index (χ2n) is 12.1. The van der Waals surface area contributed by atoms with Gasteiger partial charge in [-0.05, 0) is 91.3 Å². The van der Waals surface area contributed by atoms with Crippen molar-refractivity contribution in [3.05, 3.63) is 162 Å². The Morgan fingerprint density at radius 3 is 2.02 bits per heavy atom. The molecule has 46 heavy (non-hydrogen) atoms. The van der Waals surface area contributed by atoms with Crippen molar-refractivity contribution in [1.82, 2.24) is 4.57 Å². The number of nitrogens with zero attached hydrogens (tertiary/aromatic N) is 1. The molecule has 0 aliphatic heterocycles.